The van der Waals surface area contributed by atoms with E-state index in [1.165, 1.54) is 22.9 Å². The van der Waals surface area contributed by atoms with Crippen LogP contribution < -0.4 is 5.32 Å². The second-order valence-corrected chi connectivity index (χ2v) is 12.2. The van der Waals surface area contributed by atoms with Crippen molar-refractivity contribution in [3.63, 3.8) is 0 Å². The molecule has 2 saturated carbocycles. The zero-order chi connectivity index (χ0) is 21.0. The Morgan fingerprint density at radius 1 is 1.17 bits per heavy atom. The third-order valence-corrected chi connectivity index (χ3v) is 10.1. The zero-order valence-electron chi connectivity index (χ0n) is 17.5. The SMILES string of the molecule is CC1(C)C(NC(=O)c2ccc(Cl)c(S(=O)(=O)N3CCCCC3)c2)[C@]2(C)CC[C@@H]1C2. The molecule has 0 spiro atoms. The van der Waals surface area contributed by atoms with Crippen LogP contribution in [-0.4, -0.2) is 37.8 Å². The quantitative estimate of drug-likeness (QED) is 0.754. The van der Waals surface area contributed by atoms with Crippen molar-refractivity contribution in [1.82, 2.24) is 9.62 Å². The van der Waals surface area contributed by atoms with E-state index in [0.717, 1.165) is 32.1 Å². The number of nitrogens with one attached hydrogen (secondary N) is 1. The predicted octanol–water partition coefficient (Wildman–Crippen LogP) is 4.46. The molecule has 1 aromatic rings. The van der Waals surface area contributed by atoms with Gasteiger partial charge in [-0.1, -0.05) is 38.8 Å². The van der Waals surface area contributed by atoms with Gasteiger partial charge in [-0.3, -0.25) is 4.79 Å². The Hall–Kier alpha value is -1.11. The van der Waals surface area contributed by atoms with Crippen molar-refractivity contribution in [1.29, 1.82) is 0 Å². The van der Waals surface area contributed by atoms with E-state index in [2.05, 4.69) is 26.1 Å². The fraction of sp³-hybridized carbons (Fsp3) is 0.682. The molecule has 1 unspecified atom stereocenters. The molecule has 160 valence electrons. The lowest BCUT2D eigenvalue weighted by atomic mass is 9.68. The van der Waals surface area contributed by atoms with E-state index in [9.17, 15) is 13.2 Å². The highest BCUT2D eigenvalue weighted by molar-refractivity contribution is 7.89. The Morgan fingerprint density at radius 3 is 2.48 bits per heavy atom. The second-order valence-electron chi connectivity index (χ2n) is 9.93. The van der Waals surface area contributed by atoms with E-state index >= 15 is 0 Å². The monoisotopic (exact) mass is 438 g/mol. The van der Waals surface area contributed by atoms with E-state index in [0.29, 0.717) is 24.6 Å². The summed E-state index contributed by atoms with van der Waals surface area (Å²) in [6.45, 7) is 7.75. The molecule has 2 aliphatic carbocycles. The largest absolute Gasteiger partial charge is 0.348 e. The minimum absolute atomic E-state index is 0.0344. The molecule has 29 heavy (non-hydrogen) atoms. The van der Waals surface area contributed by atoms with Gasteiger partial charge in [0.2, 0.25) is 10.0 Å². The van der Waals surface area contributed by atoms with Gasteiger partial charge in [-0.2, -0.15) is 4.31 Å². The van der Waals surface area contributed by atoms with Gasteiger partial charge in [0.05, 0.1) is 5.02 Å². The molecular weight excluding hydrogens is 408 g/mol. The summed E-state index contributed by atoms with van der Waals surface area (Å²) < 4.78 is 27.7. The van der Waals surface area contributed by atoms with Crippen molar-refractivity contribution < 1.29 is 13.2 Å². The first kappa shape index (κ1) is 21.1. The summed E-state index contributed by atoms with van der Waals surface area (Å²) in [5.41, 5.74) is 0.503. The maximum Gasteiger partial charge on any atom is 0.251 e. The van der Waals surface area contributed by atoms with E-state index < -0.39 is 10.0 Å². The molecule has 1 N–H and O–H groups in total. The summed E-state index contributed by atoms with van der Waals surface area (Å²) in [6.07, 6.45) is 6.23. The highest BCUT2D eigenvalue weighted by Crippen LogP contribution is 2.62. The van der Waals surface area contributed by atoms with Crippen LogP contribution in [0.3, 0.4) is 0 Å². The molecule has 3 aliphatic rings. The van der Waals surface area contributed by atoms with Crippen LogP contribution >= 0.6 is 11.6 Å². The molecule has 1 saturated heterocycles. The Kier molecular flexibility index (Phi) is 5.28. The molecule has 0 radical (unpaired) electrons. The van der Waals surface area contributed by atoms with Crippen LogP contribution in [0.25, 0.3) is 0 Å². The number of nitrogens with zero attached hydrogens (tertiary/aromatic N) is 1. The Labute approximate surface area is 179 Å². The van der Waals surface area contributed by atoms with Crippen LogP contribution in [0.5, 0.6) is 0 Å². The van der Waals surface area contributed by atoms with Gasteiger partial charge in [0, 0.05) is 24.7 Å². The molecule has 3 fully saturated rings. The molecular formula is C22H31ClN2O3S. The van der Waals surface area contributed by atoms with Gasteiger partial charge >= 0.3 is 0 Å². The molecule has 5 nitrogen and oxygen atoms in total. The predicted molar refractivity (Wildman–Crippen MR) is 115 cm³/mol. The van der Waals surface area contributed by atoms with Gasteiger partial charge in [-0.15, -0.1) is 0 Å². The van der Waals surface area contributed by atoms with Gasteiger partial charge < -0.3 is 5.32 Å². The molecule has 1 heterocycles. The number of rotatable bonds is 4. The highest BCUT2D eigenvalue weighted by Gasteiger charge is 2.59. The van der Waals surface area contributed by atoms with E-state index in [4.69, 9.17) is 11.6 Å². The topological polar surface area (TPSA) is 66.5 Å². The number of fused-ring (bicyclic) bond motifs is 2. The van der Waals surface area contributed by atoms with Crippen molar-refractivity contribution in [2.75, 3.05) is 13.1 Å². The lowest BCUT2D eigenvalue weighted by Gasteiger charge is -2.43. The molecule has 1 aliphatic heterocycles. The maximum absolute atomic E-state index is 13.1. The van der Waals surface area contributed by atoms with Crippen LogP contribution in [0, 0.1) is 16.7 Å². The molecule has 0 aromatic heterocycles. The van der Waals surface area contributed by atoms with Gasteiger partial charge in [-0.25, -0.2) is 8.42 Å². The first-order chi connectivity index (χ1) is 13.6. The number of sulfonamides is 1. The standard InChI is InChI=1S/C22H31ClN2O3S/c1-21(2)16-9-10-22(3,14-16)20(21)24-19(26)15-7-8-17(23)18(13-15)29(27,28)25-11-5-4-6-12-25/h7-8,13,16,20H,4-6,9-12,14H2,1-3H3,(H,24,26)/t16-,20?,22-/m1/s1. The summed E-state index contributed by atoms with van der Waals surface area (Å²) in [5.74, 6) is 0.404. The summed E-state index contributed by atoms with van der Waals surface area (Å²) in [6, 6.07) is 4.68. The Bertz CT molecular complexity index is 919. The maximum atomic E-state index is 13.1. The Balaban J connectivity index is 1.60. The van der Waals surface area contributed by atoms with E-state index in [1.54, 1.807) is 6.07 Å². The number of benzene rings is 1. The molecule has 1 aromatic carbocycles. The lowest BCUT2D eigenvalue weighted by molar-refractivity contribution is 0.0737. The van der Waals surface area contributed by atoms with Crippen molar-refractivity contribution in [3.8, 4) is 0 Å². The molecule has 2 bridgehead atoms. The van der Waals surface area contributed by atoms with Gasteiger partial charge in [-0.05, 0) is 67.1 Å². The van der Waals surface area contributed by atoms with Crippen molar-refractivity contribution >= 4 is 27.5 Å². The van der Waals surface area contributed by atoms with Crippen LogP contribution in [0.4, 0.5) is 0 Å². The van der Waals surface area contributed by atoms with Gasteiger partial charge in [0.25, 0.3) is 5.91 Å². The van der Waals surface area contributed by atoms with Crippen LogP contribution in [-0.2, 0) is 10.0 Å². The number of carbonyl (C=O) groups is 1. The summed E-state index contributed by atoms with van der Waals surface area (Å²) in [5, 5.41) is 3.41. The minimum Gasteiger partial charge on any atom is -0.348 e. The van der Waals surface area contributed by atoms with Crippen molar-refractivity contribution in [3.05, 3.63) is 28.8 Å². The van der Waals surface area contributed by atoms with Crippen LogP contribution in [0.1, 0.15) is 69.7 Å². The average Bonchev–Trinajstić information content (AvgIpc) is 3.17. The number of hydrogen-bond donors (Lipinski definition) is 1. The summed E-state index contributed by atoms with van der Waals surface area (Å²) in [4.78, 5) is 13.1. The highest BCUT2D eigenvalue weighted by atomic mass is 35.5. The molecule has 7 heteroatoms. The number of hydrogen-bond acceptors (Lipinski definition) is 3. The van der Waals surface area contributed by atoms with Crippen LogP contribution in [0.2, 0.25) is 5.02 Å². The smallest absolute Gasteiger partial charge is 0.251 e. The number of halogens is 1. The summed E-state index contributed by atoms with van der Waals surface area (Å²) in [7, 11) is -3.70. The first-order valence-electron chi connectivity index (χ1n) is 10.7. The minimum atomic E-state index is -3.70. The van der Waals surface area contributed by atoms with Gasteiger partial charge in [0.1, 0.15) is 4.90 Å². The number of carbonyl (C=O) groups excluding carboxylic acids is 1. The fourth-order valence-corrected chi connectivity index (χ4v) is 7.98. The molecule has 3 atom stereocenters. The second kappa shape index (κ2) is 7.24. The van der Waals surface area contributed by atoms with E-state index in [1.807, 2.05) is 0 Å². The zero-order valence-corrected chi connectivity index (χ0v) is 19.1. The van der Waals surface area contributed by atoms with E-state index in [-0.39, 0.29) is 32.7 Å². The third kappa shape index (κ3) is 3.51. The average molecular weight is 439 g/mol. The van der Waals surface area contributed by atoms with Gasteiger partial charge in [0.15, 0.2) is 0 Å². The van der Waals surface area contributed by atoms with Crippen molar-refractivity contribution in [2.45, 2.75) is 70.2 Å². The number of amides is 1. The number of piperidine rings is 1. The third-order valence-electron chi connectivity index (χ3n) is 7.67. The first-order valence-corrected chi connectivity index (χ1v) is 12.5. The molecule has 1 amide bonds. The Morgan fingerprint density at radius 2 is 1.86 bits per heavy atom. The fourth-order valence-electron chi connectivity index (χ4n) is 5.96. The van der Waals surface area contributed by atoms with Crippen LogP contribution in [0.15, 0.2) is 23.1 Å². The lowest BCUT2D eigenvalue weighted by Crippen LogP contribution is -2.52. The normalized spacial score (nSPS) is 31.7. The summed E-state index contributed by atoms with van der Waals surface area (Å²) >= 11 is 6.26. The molecule has 4 rings (SSSR count). The van der Waals surface area contributed by atoms with Crippen molar-refractivity contribution in [2.24, 2.45) is 16.7 Å².